The van der Waals surface area contributed by atoms with Crippen LogP contribution in [0.4, 0.5) is 0 Å². The van der Waals surface area contributed by atoms with E-state index in [2.05, 4.69) is 26.6 Å². The molecule has 3 rings (SSSR count). The summed E-state index contributed by atoms with van der Waals surface area (Å²) in [5.74, 6) is 0.884. The smallest absolute Gasteiger partial charge is 0.165 e. The molecule has 3 aromatic rings. The first-order valence-electron chi connectivity index (χ1n) is 8.00. The molecule has 122 valence electrons. The summed E-state index contributed by atoms with van der Waals surface area (Å²) in [6.07, 6.45) is 12.0. The third kappa shape index (κ3) is 3.42. The summed E-state index contributed by atoms with van der Waals surface area (Å²) >= 11 is 0. The Bertz CT molecular complexity index is 783. The van der Waals surface area contributed by atoms with E-state index in [0.717, 1.165) is 36.3 Å². The molecule has 0 radical (unpaired) electrons. The molecule has 3 heterocycles. The van der Waals surface area contributed by atoms with E-state index in [1.807, 2.05) is 44.7 Å². The molecule has 3 aromatic heterocycles. The predicted molar refractivity (Wildman–Crippen MR) is 89.1 cm³/mol. The molecule has 0 aromatic carbocycles. The van der Waals surface area contributed by atoms with Gasteiger partial charge in [-0.2, -0.15) is 5.10 Å². The van der Waals surface area contributed by atoms with E-state index in [-0.39, 0.29) is 0 Å². The first-order valence-corrected chi connectivity index (χ1v) is 8.00. The van der Waals surface area contributed by atoms with E-state index in [1.54, 1.807) is 10.7 Å². The second-order valence-electron chi connectivity index (χ2n) is 6.66. The molecule has 1 N–H and O–H groups in total. The van der Waals surface area contributed by atoms with Gasteiger partial charge in [0, 0.05) is 30.8 Å². The fourth-order valence-electron chi connectivity index (χ4n) is 2.83. The second-order valence-corrected chi connectivity index (χ2v) is 6.66. The van der Waals surface area contributed by atoms with Crippen LogP contribution in [0.1, 0.15) is 46.1 Å². The zero-order valence-electron chi connectivity index (χ0n) is 13.8. The third-order valence-electron chi connectivity index (χ3n) is 4.07. The van der Waals surface area contributed by atoms with Crippen LogP contribution in [0, 0.1) is 0 Å². The number of aromatic nitrogens is 5. The lowest BCUT2D eigenvalue weighted by Gasteiger charge is -2.20. The Morgan fingerprint density at radius 2 is 2.04 bits per heavy atom. The Kier molecular flexibility index (Phi) is 4.17. The van der Waals surface area contributed by atoms with Crippen molar-refractivity contribution in [2.45, 2.75) is 51.7 Å². The van der Waals surface area contributed by atoms with Gasteiger partial charge in [-0.25, -0.2) is 14.5 Å². The lowest BCUT2D eigenvalue weighted by atomic mass is 9.99. The highest BCUT2D eigenvalue weighted by atomic mass is 16.3. The van der Waals surface area contributed by atoms with Crippen LogP contribution in [0.15, 0.2) is 37.1 Å². The summed E-state index contributed by atoms with van der Waals surface area (Å²) in [7, 11) is 0. The van der Waals surface area contributed by atoms with Gasteiger partial charge in [0.05, 0.1) is 17.4 Å². The normalized spacial score (nSPS) is 13.6. The van der Waals surface area contributed by atoms with E-state index in [9.17, 15) is 5.11 Å². The monoisotopic (exact) mass is 313 g/mol. The molecule has 0 aliphatic carbocycles. The van der Waals surface area contributed by atoms with Crippen LogP contribution in [0.25, 0.3) is 17.0 Å². The van der Waals surface area contributed by atoms with Crippen LogP contribution in [-0.2, 0) is 0 Å². The van der Waals surface area contributed by atoms with Gasteiger partial charge in [0.1, 0.15) is 5.82 Å². The number of imidazole rings is 1. The molecular weight excluding hydrogens is 290 g/mol. The molecule has 0 aliphatic rings. The Balaban J connectivity index is 1.82. The lowest BCUT2D eigenvalue weighted by Crippen LogP contribution is -2.18. The van der Waals surface area contributed by atoms with Crippen molar-refractivity contribution >= 4 is 5.65 Å². The maximum absolute atomic E-state index is 9.85. The van der Waals surface area contributed by atoms with Gasteiger partial charge < -0.3 is 9.67 Å². The standard InChI is InChI=1S/C17H23N5O/c1-13(6-4-7-17(2,3)23)21-11-9-19-15(21)14-12-20-22-10-5-8-18-16(14)22/h5,8-13,23H,4,6-7H2,1-3H3. The fraction of sp³-hybridized carbons (Fsp3) is 0.471. The summed E-state index contributed by atoms with van der Waals surface area (Å²) in [6.45, 7) is 5.88. The first-order chi connectivity index (χ1) is 11.0. The van der Waals surface area contributed by atoms with Gasteiger partial charge in [-0.3, -0.25) is 0 Å². The van der Waals surface area contributed by atoms with Crippen molar-refractivity contribution in [3.8, 4) is 11.4 Å². The van der Waals surface area contributed by atoms with Crippen molar-refractivity contribution in [1.29, 1.82) is 0 Å². The Labute approximate surface area is 135 Å². The highest BCUT2D eigenvalue weighted by Crippen LogP contribution is 2.27. The van der Waals surface area contributed by atoms with Crippen molar-refractivity contribution in [2.75, 3.05) is 0 Å². The first kappa shape index (κ1) is 15.7. The van der Waals surface area contributed by atoms with E-state index in [0.29, 0.717) is 6.04 Å². The largest absolute Gasteiger partial charge is 0.390 e. The van der Waals surface area contributed by atoms with Crippen molar-refractivity contribution in [2.24, 2.45) is 0 Å². The summed E-state index contributed by atoms with van der Waals surface area (Å²) < 4.78 is 3.92. The van der Waals surface area contributed by atoms with E-state index in [1.165, 1.54) is 0 Å². The van der Waals surface area contributed by atoms with Gasteiger partial charge in [0.2, 0.25) is 0 Å². The van der Waals surface area contributed by atoms with Crippen LogP contribution in [0.2, 0.25) is 0 Å². The van der Waals surface area contributed by atoms with Crippen molar-refractivity contribution in [1.82, 2.24) is 24.1 Å². The highest BCUT2D eigenvalue weighted by molar-refractivity contribution is 5.72. The molecule has 6 nitrogen and oxygen atoms in total. The van der Waals surface area contributed by atoms with Gasteiger partial charge >= 0.3 is 0 Å². The molecule has 0 saturated carbocycles. The van der Waals surface area contributed by atoms with Gasteiger partial charge in [-0.1, -0.05) is 0 Å². The molecule has 0 saturated heterocycles. The van der Waals surface area contributed by atoms with Gasteiger partial charge in [0.15, 0.2) is 5.65 Å². The Morgan fingerprint density at radius 1 is 1.22 bits per heavy atom. The Hall–Kier alpha value is -2.21. The highest BCUT2D eigenvalue weighted by Gasteiger charge is 2.17. The van der Waals surface area contributed by atoms with Crippen LogP contribution < -0.4 is 0 Å². The number of hydrogen-bond donors (Lipinski definition) is 1. The minimum atomic E-state index is -0.607. The van der Waals surface area contributed by atoms with Gasteiger partial charge in [-0.05, 0) is 46.1 Å². The number of nitrogens with zero attached hydrogens (tertiary/aromatic N) is 5. The summed E-state index contributed by atoms with van der Waals surface area (Å²) in [5, 5.41) is 14.2. The molecule has 0 spiro atoms. The van der Waals surface area contributed by atoms with Crippen molar-refractivity contribution < 1.29 is 5.11 Å². The number of fused-ring (bicyclic) bond motifs is 1. The van der Waals surface area contributed by atoms with Crippen molar-refractivity contribution in [3.63, 3.8) is 0 Å². The lowest BCUT2D eigenvalue weighted by molar-refractivity contribution is 0.0672. The summed E-state index contributed by atoms with van der Waals surface area (Å²) in [6, 6.07) is 2.16. The fourth-order valence-corrected chi connectivity index (χ4v) is 2.83. The predicted octanol–water partition coefficient (Wildman–Crippen LogP) is 3.10. The zero-order valence-corrected chi connectivity index (χ0v) is 13.8. The molecule has 0 fully saturated rings. The minimum Gasteiger partial charge on any atom is -0.390 e. The van der Waals surface area contributed by atoms with Gasteiger partial charge in [0.25, 0.3) is 0 Å². The average molecular weight is 313 g/mol. The SMILES string of the molecule is CC(CCCC(C)(C)O)n1ccnc1-c1cnn2cccnc12. The van der Waals surface area contributed by atoms with Crippen molar-refractivity contribution in [3.05, 3.63) is 37.1 Å². The number of rotatable bonds is 6. The number of aliphatic hydroxyl groups is 1. The quantitative estimate of drug-likeness (QED) is 0.759. The molecule has 1 unspecified atom stereocenters. The molecule has 0 amide bonds. The second kappa shape index (κ2) is 6.12. The van der Waals surface area contributed by atoms with E-state index in [4.69, 9.17) is 0 Å². The van der Waals surface area contributed by atoms with E-state index < -0.39 is 5.60 Å². The average Bonchev–Trinajstić information content (AvgIpc) is 3.12. The zero-order chi connectivity index (χ0) is 16.4. The summed E-state index contributed by atoms with van der Waals surface area (Å²) in [4.78, 5) is 8.91. The van der Waals surface area contributed by atoms with Gasteiger partial charge in [-0.15, -0.1) is 0 Å². The van der Waals surface area contributed by atoms with Crippen LogP contribution in [0.5, 0.6) is 0 Å². The van der Waals surface area contributed by atoms with Crippen LogP contribution >= 0.6 is 0 Å². The molecule has 23 heavy (non-hydrogen) atoms. The topological polar surface area (TPSA) is 68.2 Å². The Morgan fingerprint density at radius 3 is 2.83 bits per heavy atom. The van der Waals surface area contributed by atoms with Crippen LogP contribution in [0.3, 0.4) is 0 Å². The molecule has 6 heteroatoms. The van der Waals surface area contributed by atoms with Crippen LogP contribution in [-0.4, -0.2) is 34.9 Å². The summed E-state index contributed by atoms with van der Waals surface area (Å²) in [5.41, 5.74) is 1.14. The third-order valence-corrected chi connectivity index (χ3v) is 4.07. The molecule has 0 bridgehead atoms. The molecule has 0 aliphatic heterocycles. The maximum Gasteiger partial charge on any atom is 0.165 e. The maximum atomic E-state index is 9.85. The molecular formula is C17H23N5O. The number of hydrogen-bond acceptors (Lipinski definition) is 4. The minimum absolute atomic E-state index is 0.300. The molecule has 1 atom stereocenters. The van der Waals surface area contributed by atoms with E-state index >= 15 is 0 Å².